The molecule has 18 heavy (non-hydrogen) atoms. The third kappa shape index (κ3) is 1.91. The van der Waals surface area contributed by atoms with Gasteiger partial charge in [0.1, 0.15) is 0 Å². The molecule has 0 aromatic heterocycles. The maximum atomic E-state index is 12.0. The molecule has 2 atom stereocenters. The lowest BCUT2D eigenvalue weighted by molar-refractivity contribution is -0.119. The Bertz CT molecular complexity index is 570. The summed E-state index contributed by atoms with van der Waals surface area (Å²) in [5, 5.41) is 3.02. The number of nitrogens with zero attached hydrogens (tertiary/aromatic N) is 1. The summed E-state index contributed by atoms with van der Waals surface area (Å²) >= 11 is 0. The molecule has 1 amide bonds. The topological polar surface area (TPSA) is 66.5 Å². The molecule has 6 heteroatoms. The molecule has 2 aliphatic rings. The first-order valence-corrected chi connectivity index (χ1v) is 7.70. The van der Waals surface area contributed by atoms with Crippen LogP contribution >= 0.6 is 0 Å². The highest BCUT2D eigenvalue weighted by atomic mass is 32.2. The molecule has 0 bridgehead atoms. The van der Waals surface area contributed by atoms with Crippen molar-refractivity contribution >= 4 is 21.4 Å². The summed E-state index contributed by atoms with van der Waals surface area (Å²) in [6, 6.07) is 8.83. The summed E-state index contributed by atoms with van der Waals surface area (Å²) in [5.74, 6) is 0.0964. The van der Waals surface area contributed by atoms with Gasteiger partial charge in [-0.2, -0.15) is 0 Å². The zero-order chi connectivity index (χ0) is 12.8. The second-order valence-corrected chi connectivity index (χ2v) is 6.88. The molecule has 1 aromatic carbocycles. The molecule has 96 valence electrons. The number of hydrogen-bond acceptors (Lipinski definition) is 4. The van der Waals surface area contributed by atoms with E-state index in [1.165, 1.54) is 0 Å². The highest BCUT2D eigenvalue weighted by molar-refractivity contribution is 7.91. The van der Waals surface area contributed by atoms with Crippen molar-refractivity contribution in [2.75, 3.05) is 23.0 Å². The lowest BCUT2D eigenvalue weighted by Crippen LogP contribution is -2.60. The number of para-hydroxylation sites is 1. The predicted molar refractivity (Wildman–Crippen MR) is 68.2 cm³/mol. The summed E-state index contributed by atoms with van der Waals surface area (Å²) < 4.78 is 23.4. The van der Waals surface area contributed by atoms with Crippen LogP contribution < -0.4 is 10.2 Å². The van der Waals surface area contributed by atoms with Crippen molar-refractivity contribution in [2.24, 2.45) is 0 Å². The van der Waals surface area contributed by atoms with Crippen LogP contribution in [0.4, 0.5) is 5.69 Å². The molecule has 2 unspecified atom stereocenters. The summed E-state index contributed by atoms with van der Waals surface area (Å²) in [5.41, 5.74) is 0.774. The molecule has 2 aliphatic heterocycles. The van der Waals surface area contributed by atoms with E-state index < -0.39 is 9.84 Å². The first kappa shape index (κ1) is 11.7. The quantitative estimate of drug-likeness (QED) is 0.764. The number of benzene rings is 1. The van der Waals surface area contributed by atoms with Crippen LogP contribution in [-0.2, 0) is 14.6 Å². The number of anilines is 1. The summed E-state index contributed by atoms with van der Waals surface area (Å²) in [7, 11) is -3.05. The van der Waals surface area contributed by atoms with Crippen LogP contribution in [0.3, 0.4) is 0 Å². The Morgan fingerprint density at radius 1 is 1.17 bits per heavy atom. The Kier molecular flexibility index (Phi) is 2.64. The van der Waals surface area contributed by atoms with E-state index in [-0.39, 0.29) is 36.0 Å². The minimum absolute atomic E-state index is 0.0469. The van der Waals surface area contributed by atoms with Gasteiger partial charge >= 0.3 is 0 Å². The Morgan fingerprint density at radius 2 is 1.89 bits per heavy atom. The van der Waals surface area contributed by atoms with Crippen molar-refractivity contribution in [2.45, 2.75) is 12.1 Å². The van der Waals surface area contributed by atoms with E-state index >= 15 is 0 Å². The van der Waals surface area contributed by atoms with Gasteiger partial charge in [0.2, 0.25) is 5.91 Å². The van der Waals surface area contributed by atoms with Gasteiger partial charge in [0.15, 0.2) is 9.84 Å². The Morgan fingerprint density at radius 3 is 2.61 bits per heavy atom. The van der Waals surface area contributed by atoms with Crippen LogP contribution in [0.1, 0.15) is 0 Å². The number of carbonyl (C=O) groups excluding carboxylic acids is 1. The van der Waals surface area contributed by atoms with Crippen LogP contribution in [0.2, 0.25) is 0 Å². The van der Waals surface area contributed by atoms with Gasteiger partial charge in [-0.05, 0) is 12.1 Å². The second kappa shape index (κ2) is 4.07. The maximum Gasteiger partial charge on any atom is 0.241 e. The smallest absolute Gasteiger partial charge is 0.241 e. The fourth-order valence-corrected chi connectivity index (χ4v) is 4.62. The van der Waals surface area contributed by atoms with Crippen LogP contribution in [0, 0.1) is 0 Å². The van der Waals surface area contributed by atoms with E-state index in [1.54, 1.807) is 4.90 Å². The van der Waals surface area contributed by atoms with E-state index in [4.69, 9.17) is 0 Å². The zero-order valence-corrected chi connectivity index (χ0v) is 10.6. The Hall–Kier alpha value is -1.40. The molecule has 2 saturated heterocycles. The number of nitrogens with one attached hydrogen (secondary N) is 1. The number of piperazine rings is 1. The van der Waals surface area contributed by atoms with Crippen LogP contribution in [0.15, 0.2) is 30.3 Å². The summed E-state index contributed by atoms with van der Waals surface area (Å²) in [6.45, 7) is 0.200. The highest BCUT2D eigenvalue weighted by Crippen LogP contribution is 2.27. The van der Waals surface area contributed by atoms with Gasteiger partial charge in [-0.3, -0.25) is 4.79 Å². The summed E-state index contributed by atoms with van der Waals surface area (Å²) in [6.07, 6.45) is 0. The van der Waals surface area contributed by atoms with E-state index in [2.05, 4.69) is 5.32 Å². The Balaban J connectivity index is 1.99. The normalized spacial score (nSPS) is 30.2. The molecular weight excluding hydrogens is 252 g/mol. The fraction of sp³-hybridized carbons (Fsp3) is 0.417. The van der Waals surface area contributed by atoms with Crippen LogP contribution in [0.25, 0.3) is 0 Å². The molecular formula is C12H14N2O3S. The van der Waals surface area contributed by atoms with Crippen molar-refractivity contribution in [1.29, 1.82) is 0 Å². The highest BCUT2D eigenvalue weighted by Gasteiger charge is 2.45. The summed E-state index contributed by atoms with van der Waals surface area (Å²) in [4.78, 5) is 13.6. The van der Waals surface area contributed by atoms with Crippen molar-refractivity contribution < 1.29 is 13.2 Å². The number of hydrogen-bond donors (Lipinski definition) is 1. The number of fused-ring (bicyclic) bond motifs is 1. The zero-order valence-electron chi connectivity index (χ0n) is 9.74. The first-order valence-electron chi connectivity index (χ1n) is 5.88. The second-order valence-electron chi connectivity index (χ2n) is 4.73. The van der Waals surface area contributed by atoms with E-state index in [9.17, 15) is 13.2 Å². The molecule has 3 rings (SSSR count). The number of rotatable bonds is 1. The third-order valence-electron chi connectivity index (χ3n) is 3.47. The molecule has 1 aromatic rings. The van der Waals surface area contributed by atoms with Crippen molar-refractivity contribution in [1.82, 2.24) is 5.32 Å². The number of sulfone groups is 1. The molecule has 0 spiro atoms. The average Bonchev–Trinajstić information content (AvgIpc) is 2.64. The van der Waals surface area contributed by atoms with Gasteiger partial charge in [0, 0.05) is 11.7 Å². The van der Waals surface area contributed by atoms with Gasteiger partial charge in [0.25, 0.3) is 0 Å². The molecule has 2 heterocycles. The van der Waals surface area contributed by atoms with Crippen molar-refractivity contribution in [3.8, 4) is 0 Å². The van der Waals surface area contributed by atoms with Crippen LogP contribution in [0.5, 0.6) is 0 Å². The number of carbonyl (C=O) groups is 1. The monoisotopic (exact) mass is 266 g/mol. The standard InChI is InChI=1S/C12H14N2O3S/c15-12-6-13-10-7-18(16,17)8-11(10)14(12)9-4-2-1-3-5-9/h1-5,10-11,13H,6-8H2. The first-order chi connectivity index (χ1) is 8.57. The van der Waals surface area contributed by atoms with Crippen molar-refractivity contribution in [3.05, 3.63) is 30.3 Å². The molecule has 0 aliphatic carbocycles. The van der Waals surface area contributed by atoms with E-state index in [1.807, 2.05) is 30.3 Å². The minimum Gasteiger partial charge on any atom is -0.306 e. The molecule has 0 saturated carbocycles. The Labute approximate surface area is 106 Å². The van der Waals surface area contributed by atoms with Gasteiger partial charge in [-0.15, -0.1) is 0 Å². The maximum absolute atomic E-state index is 12.0. The SMILES string of the molecule is O=C1CNC2CS(=O)(=O)CC2N1c1ccccc1. The predicted octanol–water partition coefficient (Wildman–Crippen LogP) is -0.212. The van der Waals surface area contributed by atoms with Gasteiger partial charge < -0.3 is 10.2 Å². The van der Waals surface area contributed by atoms with E-state index in [0.717, 1.165) is 5.69 Å². The van der Waals surface area contributed by atoms with Gasteiger partial charge in [-0.25, -0.2) is 8.42 Å². The van der Waals surface area contributed by atoms with Crippen LogP contribution in [-0.4, -0.2) is 44.5 Å². The number of amides is 1. The lowest BCUT2D eigenvalue weighted by Gasteiger charge is -2.37. The molecule has 5 nitrogen and oxygen atoms in total. The molecule has 2 fully saturated rings. The molecule has 1 N–H and O–H groups in total. The van der Waals surface area contributed by atoms with E-state index in [0.29, 0.717) is 0 Å². The fourth-order valence-electron chi connectivity index (χ4n) is 2.69. The van der Waals surface area contributed by atoms with Gasteiger partial charge in [-0.1, -0.05) is 18.2 Å². The average molecular weight is 266 g/mol. The van der Waals surface area contributed by atoms with Crippen molar-refractivity contribution in [3.63, 3.8) is 0 Å². The van der Waals surface area contributed by atoms with Gasteiger partial charge in [0.05, 0.1) is 24.1 Å². The third-order valence-corrected chi connectivity index (χ3v) is 5.19. The lowest BCUT2D eigenvalue weighted by atomic mass is 10.1. The minimum atomic E-state index is -3.05. The largest absolute Gasteiger partial charge is 0.306 e. The molecule has 0 radical (unpaired) electrons.